The van der Waals surface area contributed by atoms with Crippen LogP contribution in [0.5, 0.6) is 0 Å². The SMILES string of the molecule is C[C@@H]1CO[C@@H](c2ccccc2)[C@@H](C)N1C(=O)CC1CCNCC1. The summed E-state index contributed by atoms with van der Waals surface area (Å²) in [5.74, 6) is 0.822. The number of nitrogens with one attached hydrogen (secondary N) is 1. The van der Waals surface area contributed by atoms with E-state index in [0.717, 1.165) is 31.5 Å². The van der Waals surface area contributed by atoms with Crippen LogP contribution in [0.15, 0.2) is 30.3 Å². The molecule has 2 fully saturated rings. The van der Waals surface area contributed by atoms with E-state index in [1.54, 1.807) is 0 Å². The molecule has 2 aliphatic rings. The minimum absolute atomic E-state index is 0.0237. The van der Waals surface area contributed by atoms with Crippen molar-refractivity contribution in [1.29, 1.82) is 0 Å². The van der Waals surface area contributed by atoms with Gasteiger partial charge in [-0.15, -0.1) is 0 Å². The smallest absolute Gasteiger partial charge is 0.223 e. The lowest BCUT2D eigenvalue weighted by atomic mass is 9.92. The van der Waals surface area contributed by atoms with Crippen LogP contribution < -0.4 is 5.32 Å². The summed E-state index contributed by atoms with van der Waals surface area (Å²) in [6.45, 7) is 6.91. The van der Waals surface area contributed by atoms with Crippen LogP contribution in [-0.2, 0) is 9.53 Å². The molecule has 0 spiro atoms. The largest absolute Gasteiger partial charge is 0.369 e. The van der Waals surface area contributed by atoms with Gasteiger partial charge in [0.2, 0.25) is 5.91 Å². The first-order valence-electron chi connectivity index (χ1n) is 8.85. The van der Waals surface area contributed by atoms with Gasteiger partial charge in [0.05, 0.1) is 18.7 Å². The van der Waals surface area contributed by atoms with Crippen LogP contribution in [0.25, 0.3) is 0 Å². The van der Waals surface area contributed by atoms with Gasteiger partial charge in [0.25, 0.3) is 0 Å². The van der Waals surface area contributed by atoms with E-state index < -0.39 is 0 Å². The molecule has 1 aromatic carbocycles. The van der Waals surface area contributed by atoms with E-state index in [4.69, 9.17) is 4.74 Å². The monoisotopic (exact) mass is 316 g/mol. The molecule has 1 amide bonds. The molecule has 2 aliphatic heterocycles. The number of nitrogens with zero attached hydrogens (tertiary/aromatic N) is 1. The number of ether oxygens (including phenoxy) is 1. The highest BCUT2D eigenvalue weighted by Crippen LogP contribution is 2.32. The van der Waals surface area contributed by atoms with Gasteiger partial charge >= 0.3 is 0 Å². The third-order valence-electron chi connectivity index (χ3n) is 5.21. The molecule has 0 saturated carbocycles. The van der Waals surface area contributed by atoms with Crippen LogP contribution in [0.3, 0.4) is 0 Å². The molecular weight excluding hydrogens is 288 g/mol. The van der Waals surface area contributed by atoms with Crippen molar-refractivity contribution in [3.63, 3.8) is 0 Å². The van der Waals surface area contributed by atoms with Crippen LogP contribution in [0.1, 0.15) is 44.8 Å². The van der Waals surface area contributed by atoms with Gasteiger partial charge in [0.1, 0.15) is 6.10 Å². The molecule has 0 unspecified atom stereocenters. The first-order valence-corrected chi connectivity index (χ1v) is 8.85. The van der Waals surface area contributed by atoms with Crippen LogP contribution in [0.4, 0.5) is 0 Å². The van der Waals surface area contributed by atoms with Crippen molar-refractivity contribution in [2.24, 2.45) is 5.92 Å². The summed E-state index contributed by atoms with van der Waals surface area (Å²) in [5, 5.41) is 3.37. The molecule has 0 aromatic heterocycles. The van der Waals surface area contributed by atoms with Crippen LogP contribution >= 0.6 is 0 Å². The van der Waals surface area contributed by atoms with Gasteiger partial charge in [-0.25, -0.2) is 0 Å². The average molecular weight is 316 g/mol. The molecule has 0 aliphatic carbocycles. The van der Waals surface area contributed by atoms with Crippen LogP contribution in [0, 0.1) is 5.92 Å². The van der Waals surface area contributed by atoms with Crippen LogP contribution in [0.2, 0.25) is 0 Å². The lowest BCUT2D eigenvalue weighted by Gasteiger charge is -2.44. The molecule has 4 nitrogen and oxygen atoms in total. The number of carbonyl (C=O) groups is 1. The number of hydrogen-bond acceptors (Lipinski definition) is 3. The number of amides is 1. The Hall–Kier alpha value is -1.39. The topological polar surface area (TPSA) is 41.6 Å². The zero-order chi connectivity index (χ0) is 16.2. The number of carbonyl (C=O) groups excluding carboxylic acids is 1. The van der Waals surface area contributed by atoms with E-state index in [-0.39, 0.29) is 18.2 Å². The summed E-state index contributed by atoms with van der Waals surface area (Å²) >= 11 is 0. The maximum atomic E-state index is 12.9. The number of hydrogen-bond donors (Lipinski definition) is 1. The van der Waals surface area contributed by atoms with Crippen molar-refractivity contribution in [2.45, 2.75) is 51.3 Å². The minimum Gasteiger partial charge on any atom is -0.369 e. The Morgan fingerprint density at radius 2 is 1.91 bits per heavy atom. The van der Waals surface area contributed by atoms with Gasteiger partial charge in [-0.05, 0) is 51.3 Å². The molecule has 3 atom stereocenters. The second-order valence-corrected chi connectivity index (χ2v) is 6.95. The van der Waals surface area contributed by atoms with E-state index >= 15 is 0 Å². The fraction of sp³-hybridized carbons (Fsp3) is 0.632. The molecule has 4 heteroatoms. The highest BCUT2D eigenvalue weighted by Gasteiger charge is 2.37. The molecule has 1 N–H and O–H groups in total. The van der Waals surface area contributed by atoms with E-state index in [0.29, 0.717) is 24.9 Å². The van der Waals surface area contributed by atoms with E-state index in [1.807, 2.05) is 18.2 Å². The summed E-state index contributed by atoms with van der Waals surface area (Å²) in [4.78, 5) is 15.0. The summed E-state index contributed by atoms with van der Waals surface area (Å²) < 4.78 is 6.06. The highest BCUT2D eigenvalue weighted by molar-refractivity contribution is 5.77. The molecular formula is C19H28N2O2. The quantitative estimate of drug-likeness (QED) is 0.932. The van der Waals surface area contributed by atoms with Gasteiger partial charge in [-0.2, -0.15) is 0 Å². The van der Waals surface area contributed by atoms with Crippen molar-refractivity contribution in [3.05, 3.63) is 35.9 Å². The fourth-order valence-electron chi connectivity index (χ4n) is 3.94. The highest BCUT2D eigenvalue weighted by atomic mass is 16.5. The van der Waals surface area contributed by atoms with Gasteiger partial charge in [-0.1, -0.05) is 30.3 Å². The summed E-state index contributed by atoms with van der Waals surface area (Å²) in [7, 11) is 0. The van der Waals surface area contributed by atoms with Crippen molar-refractivity contribution < 1.29 is 9.53 Å². The number of morpholine rings is 1. The van der Waals surface area contributed by atoms with Crippen molar-refractivity contribution >= 4 is 5.91 Å². The predicted molar refractivity (Wildman–Crippen MR) is 91.1 cm³/mol. The maximum absolute atomic E-state index is 12.9. The van der Waals surface area contributed by atoms with E-state index in [1.165, 1.54) is 0 Å². The van der Waals surface area contributed by atoms with Gasteiger partial charge in [0.15, 0.2) is 0 Å². The normalized spacial score (nSPS) is 29.5. The molecule has 126 valence electrons. The van der Waals surface area contributed by atoms with E-state index in [2.05, 4.69) is 36.2 Å². The van der Waals surface area contributed by atoms with Crippen molar-refractivity contribution in [2.75, 3.05) is 19.7 Å². The average Bonchev–Trinajstić information content (AvgIpc) is 2.57. The zero-order valence-electron chi connectivity index (χ0n) is 14.2. The Kier molecular flexibility index (Phi) is 5.34. The lowest BCUT2D eigenvalue weighted by Crippen LogP contribution is -2.54. The van der Waals surface area contributed by atoms with Gasteiger partial charge in [-0.3, -0.25) is 4.79 Å². The molecule has 0 bridgehead atoms. The predicted octanol–water partition coefficient (Wildman–Crippen LogP) is 2.75. The minimum atomic E-state index is -0.0237. The standard InChI is InChI=1S/C19H28N2O2/c1-14-13-23-19(17-6-4-3-5-7-17)15(2)21(14)18(22)12-16-8-10-20-11-9-16/h3-7,14-16,19-20H,8-13H2,1-2H3/t14-,15-,19-/m1/s1. The van der Waals surface area contributed by atoms with Gasteiger partial charge in [0, 0.05) is 6.42 Å². The Labute approximate surface area is 139 Å². The molecule has 0 radical (unpaired) electrons. The molecule has 2 saturated heterocycles. The Morgan fingerprint density at radius 3 is 2.61 bits per heavy atom. The molecule has 3 rings (SSSR count). The molecule has 1 aromatic rings. The second-order valence-electron chi connectivity index (χ2n) is 6.95. The lowest BCUT2D eigenvalue weighted by molar-refractivity contribution is -0.154. The molecule has 23 heavy (non-hydrogen) atoms. The third-order valence-corrected chi connectivity index (χ3v) is 5.21. The number of piperidine rings is 1. The van der Waals surface area contributed by atoms with Crippen molar-refractivity contribution in [1.82, 2.24) is 10.2 Å². The first kappa shape index (κ1) is 16.5. The van der Waals surface area contributed by atoms with Crippen LogP contribution in [-0.4, -0.2) is 42.6 Å². The van der Waals surface area contributed by atoms with Gasteiger partial charge < -0.3 is 15.0 Å². The Balaban J connectivity index is 1.70. The second kappa shape index (κ2) is 7.45. The maximum Gasteiger partial charge on any atom is 0.223 e. The first-order chi connectivity index (χ1) is 11.2. The summed E-state index contributed by atoms with van der Waals surface area (Å²) in [6, 6.07) is 10.5. The van der Waals surface area contributed by atoms with E-state index in [9.17, 15) is 4.79 Å². The zero-order valence-corrected chi connectivity index (χ0v) is 14.2. The molecule has 2 heterocycles. The number of rotatable bonds is 3. The summed E-state index contributed by atoms with van der Waals surface area (Å²) in [5.41, 5.74) is 1.16. The number of benzene rings is 1. The third kappa shape index (κ3) is 3.75. The Morgan fingerprint density at radius 1 is 1.22 bits per heavy atom. The van der Waals surface area contributed by atoms with Crippen molar-refractivity contribution in [3.8, 4) is 0 Å². The summed E-state index contributed by atoms with van der Waals surface area (Å²) in [6.07, 6.45) is 2.88. The Bertz CT molecular complexity index is 513. The fourth-order valence-corrected chi connectivity index (χ4v) is 3.94.